The Balaban J connectivity index is 1.68. The van der Waals surface area contributed by atoms with E-state index in [-0.39, 0.29) is 0 Å². The Hall–Kier alpha value is -1.20. The number of thiocarbonyl (C=S) groups is 1. The van der Waals surface area contributed by atoms with Crippen molar-refractivity contribution in [3.8, 4) is 5.88 Å². The van der Waals surface area contributed by atoms with Crippen LogP contribution in [-0.2, 0) is 12.8 Å². The average Bonchev–Trinajstić information content (AvgIpc) is 3.06. The third kappa shape index (κ3) is 3.19. The molecule has 0 radical (unpaired) electrons. The van der Waals surface area contributed by atoms with Crippen LogP contribution >= 0.6 is 12.2 Å². The smallest absolute Gasteiger partial charge is 0.224 e. The minimum Gasteiger partial charge on any atom is -0.477 e. The summed E-state index contributed by atoms with van der Waals surface area (Å²) in [7, 11) is 2.19. The molecular formula is C16H23N3OS. The van der Waals surface area contributed by atoms with Gasteiger partial charge < -0.3 is 15.4 Å². The number of likely N-dealkylation sites (tertiary alicyclic amines) is 1. The molecule has 1 fully saturated rings. The highest BCUT2D eigenvalue weighted by Gasteiger charge is 2.22. The van der Waals surface area contributed by atoms with Crippen LogP contribution in [0.1, 0.15) is 42.5 Å². The highest BCUT2D eigenvalue weighted by molar-refractivity contribution is 7.80. The largest absolute Gasteiger partial charge is 0.477 e. The second-order valence-electron chi connectivity index (χ2n) is 6.08. The molecule has 1 aliphatic heterocycles. The van der Waals surface area contributed by atoms with Crippen molar-refractivity contribution >= 4 is 17.2 Å². The van der Waals surface area contributed by atoms with Crippen molar-refractivity contribution in [2.45, 2.75) is 44.6 Å². The predicted molar refractivity (Wildman–Crippen MR) is 87.9 cm³/mol. The standard InChI is InChI=1S/C16H23N3OS/c1-19-8-3-5-12(19)7-9-20-16-13(15(17)21)10-11-4-2-6-14(11)18-16/h10,12H,2-9H2,1H3,(H2,17,21). The highest BCUT2D eigenvalue weighted by Crippen LogP contribution is 2.27. The number of hydrogen-bond donors (Lipinski definition) is 1. The Kier molecular flexibility index (Phi) is 4.40. The highest BCUT2D eigenvalue weighted by atomic mass is 32.1. The van der Waals surface area contributed by atoms with Crippen LogP contribution in [0.2, 0.25) is 0 Å². The summed E-state index contributed by atoms with van der Waals surface area (Å²) in [4.78, 5) is 7.44. The molecule has 2 aliphatic rings. The molecule has 3 rings (SSSR count). The third-order valence-corrected chi connectivity index (χ3v) is 4.86. The van der Waals surface area contributed by atoms with Crippen LogP contribution in [0.4, 0.5) is 0 Å². The summed E-state index contributed by atoms with van der Waals surface area (Å²) < 4.78 is 5.93. The fourth-order valence-corrected chi connectivity index (χ4v) is 3.52. The number of aromatic nitrogens is 1. The van der Waals surface area contributed by atoms with E-state index in [2.05, 4.69) is 23.0 Å². The molecule has 0 saturated carbocycles. The number of rotatable bonds is 5. The molecule has 21 heavy (non-hydrogen) atoms. The number of ether oxygens (including phenoxy) is 1. The molecule has 4 nitrogen and oxygen atoms in total. The van der Waals surface area contributed by atoms with Crippen LogP contribution in [0.3, 0.4) is 0 Å². The first kappa shape index (κ1) is 14.7. The summed E-state index contributed by atoms with van der Waals surface area (Å²) in [6.45, 7) is 1.87. The van der Waals surface area contributed by atoms with Crippen LogP contribution in [0.5, 0.6) is 5.88 Å². The molecule has 1 aromatic rings. The maximum atomic E-state index is 5.93. The van der Waals surface area contributed by atoms with Gasteiger partial charge in [0.2, 0.25) is 5.88 Å². The maximum absolute atomic E-state index is 5.93. The van der Waals surface area contributed by atoms with Crippen molar-refractivity contribution in [1.82, 2.24) is 9.88 Å². The van der Waals surface area contributed by atoms with Gasteiger partial charge in [-0.05, 0) is 63.7 Å². The quantitative estimate of drug-likeness (QED) is 0.844. The van der Waals surface area contributed by atoms with Gasteiger partial charge in [-0.3, -0.25) is 0 Å². The number of hydrogen-bond acceptors (Lipinski definition) is 4. The fraction of sp³-hybridized carbons (Fsp3) is 0.625. The lowest BCUT2D eigenvalue weighted by Gasteiger charge is -2.19. The molecule has 5 heteroatoms. The van der Waals surface area contributed by atoms with E-state index in [1.54, 1.807) is 0 Å². The van der Waals surface area contributed by atoms with Crippen LogP contribution in [0, 0.1) is 0 Å². The zero-order valence-electron chi connectivity index (χ0n) is 12.6. The topological polar surface area (TPSA) is 51.4 Å². The minimum atomic E-state index is 0.380. The fourth-order valence-electron chi connectivity index (χ4n) is 3.38. The van der Waals surface area contributed by atoms with Crippen molar-refractivity contribution in [3.05, 3.63) is 22.9 Å². The van der Waals surface area contributed by atoms with Gasteiger partial charge >= 0.3 is 0 Å². The number of aryl methyl sites for hydroxylation is 2. The summed E-state index contributed by atoms with van der Waals surface area (Å²) >= 11 is 5.15. The Morgan fingerprint density at radius 2 is 2.33 bits per heavy atom. The zero-order chi connectivity index (χ0) is 14.8. The molecule has 0 spiro atoms. The first-order chi connectivity index (χ1) is 10.1. The Labute approximate surface area is 131 Å². The first-order valence-corrected chi connectivity index (χ1v) is 8.21. The van der Waals surface area contributed by atoms with Crippen LogP contribution in [0.25, 0.3) is 0 Å². The van der Waals surface area contributed by atoms with Gasteiger partial charge in [0.05, 0.1) is 12.2 Å². The second kappa shape index (κ2) is 6.28. The van der Waals surface area contributed by atoms with Crippen molar-refractivity contribution in [3.63, 3.8) is 0 Å². The van der Waals surface area contributed by atoms with Crippen LogP contribution in [0.15, 0.2) is 6.07 Å². The lowest BCUT2D eigenvalue weighted by molar-refractivity contribution is 0.228. The number of fused-ring (bicyclic) bond motifs is 1. The molecule has 0 aromatic carbocycles. The maximum Gasteiger partial charge on any atom is 0.224 e. The van der Waals surface area contributed by atoms with Crippen LogP contribution < -0.4 is 10.5 Å². The lowest BCUT2D eigenvalue weighted by Crippen LogP contribution is -2.26. The van der Waals surface area contributed by atoms with Gasteiger partial charge in [-0.15, -0.1) is 0 Å². The van der Waals surface area contributed by atoms with Gasteiger partial charge in [0.25, 0.3) is 0 Å². The lowest BCUT2D eigenvalue weighted by atomic mass is 10.1. The van der Waals surface area contributed by atoms with E-state index >= 15 is 0 Å². The normalized spacial score (nSPS) is 21.5. The van der Waals surface area contributed by atoms with E-state index in [9.17, 15) is 0 Å². The molecule has 0 amide bonds. The minimum absolute atomic E-state index is 0.380. The number of pyridine rings is 1. The summed E-state index contributed by atoms with van der Waals surface area (Å²) in [5.41, 5.74) is 9.06. The van der Waals surface area contributed by atoms with E-state index in [4.69, 9.17) is 22.7 Å². The molecule has 1 saturated heterocycles. The van der Waals surface area contributed by atoms with E-state index in [0.29, 0.717) is 23.5 Å². The summed E-state index contributed by atoms with van der Waals surface area (Å²) in [6.07, 6.45) is 6.86. The molecular weight excluding hydrogens is 282 g/mol. The van der Waals surface area contributed by atoms with Gasteiger partial charge in [-0.1, -0.05) is 12.2 Å². The average molecular weight is 305 g/mol. The second-order valence-corrected chi connectivity index (χ2v) is 6.52. The summed E-state index contributed by atoms with van der Waals surface area (Å²) in [5.74, 6) is 0.629. The van der Waals surface area contributed by atoms with Crippen molar-refractivity contribution in [1.29, 1.82) is 0 Å². The molecule has 1 atom stereocenters. The number of nitrogens with zero attached hydrogens (tertiary/aromatic N) is 2. The Bertz CT molecular complexity index is 547. The van der Waals surface area contributed by atoms with Gasteiger partial charge in [0.15, 0.2) is 0 Å². The molecule has 1 aliphatic carbocycles. The van der Waals surface area contributed by atoms with Gasteiger partial charge in [0, 0.05) is 11.7 Å². The molecule has 1 aromatic heterocycles. The SMILES string of the molecule is CN1CCCC1CCOc1nc2c(cc1C(N)=S)CCC2. The molecule has 114 valence electrons. The van der Waals surface area contributed by atoms with Crippen molar-refractivity contribution in [2.75, 3.05) is 20.2 Å². The molecule has 0 bridgehead atoms. The van der Waals surface area contributed by atoms with Crippen molar-refractivity contribution < 1.29 is 4.74 Å². The Morgan fingerprint density at radius 1 is 1.48 bits per heavy atom. The zero-order valence-corrected chi connectivity index (χ0v) is 13.4. The monoisotopic (exact) mass is 305 g/mol. The molecule has 2 N–H and O–H groups in total. The van der Waals surface area contributed by atoms with E-state index in [0.717, 1.165) is 36.9 Å². The van der Waals surface area contributed by atoms with E-state index < -0.39 is 0 Å². The number of nitrogens with two attached hydrogens (primary N) is 1. The molecule has 1 unspecified atom stereocenters. The summed E-state index contributed by atoms with van der Waals surface area (Å²) in [6, 6.07) is 2.71. The summed E-state index contributed by atoms with van der Waals surface area (Å²) in [5, 5.41) is 0. The third-order valence-electron chi connectivity index (χ3n) is 4.64. The van der Waals surface area contributed by atoms with Gasteiger partial charge in [0.1, 0.15) is 4.99 Å². The van der Waals surface area contributed by atoms with Gasteiger partial charge in [-0.25, -0.2) is 4.98 Å². The Morgan fingerprint density at radius 3 is 3.05 bits per heavy atom. The van der Waals surface area contributed by atoms with E-state index in [1.165, 1.54) is 24.9 Å². The predicted octanol–water partition coefficient (Wildman–Crippen LogP) is 2.07. The van der Waals surface area contributed by atoms with E-state index in [1.807, 2.05) is 0 Å². The van der Waals surface area contributed by atoms with Gasteiger partial charge in [-0.2, -0.15) is 0 Å². The van der Waals surface area contributed by atoms with Crippen molar-refractivity contribution in [2.24, 2.45) is 5.73 Å². The first-order valence-electron chi connectivity index (χ1n) is 7.81. The molecule has 2 heterocycles. The van der Waals surface area contributed by atoms with Crippen LogP contribution in [-0.4, -0.2) is 41.1 Å².